The fourth-order valence-corrected chi connectivity index (χ4v) is 3.67. The Balaban J connectivity index is 1.67. The molecule has 10 heteroatoms. The summed E-state index contributed by atoms with van der Waals surface area (Å²) in [5, 5.41) is 5.46. The third-order valence-corrected chi connectivity index (χ3v) is 5.38. The van der Waals surface area contributed by atoms with Gasteiger partial charge in [0, 0.05) is 36.5 Å². The molecule has 3 rings (SSSR count). The topological polar surface area (TPSA) is 115 Å². The zero-order chi connectivity index (χ0) is 25.5. The number of benzene rings is 2. The van der Waals surface area contributed by atoms with Gasteiger partial charge in [0.1, 0.15) is 0 Å². The van der Waals surface area contributed by atoms with Crippen LogP contribution in [0.15, 0.2) is 36.4 Å². The summed E-state index contributed by atoms with van der Waals surface area (Å²) >= 11 is 0. The number of nitrogens with zero attached hydrogens (tertiary/aromatic N) is 1. The molecule has 1 unspecified atom stereocenters. The minimum absolute atomic E-state index is 0.0575. The number of nitrogens with one attached hydrogen (secondary N) is 2. The number of ether oxygens (including phenoxy) is 4. The summed E-state index contributed by atoms with van der Waals surface area (Å²) in [4.78, 5) is 39.1. The minimum atomic E-state index is -0.565. The first-order chi connectivity index (χ1) is 16.7. The van der Waals surface area contributed by atoms with Crippen LogP contribution in [0.25, 0.3) is 0 Å². The van der Waals surface area contributed by atoms with Crippen LogP contribution in [0, 0.1) is 11.8 Å². The molecule has 1 aliphatic heterocycles. The van der Waals surface area contributed by atoms with Crippen molar-refractivity contribution >= 4 is 35.0 Å². The maximum atomic E-state index is 12.9. The van der Waals surface area contributed by atoms with Crippen LogP contribution in [-0.4, -0.2) is 52.4 Å². The number of carbonyl (C=O) groups excluding carboxylic acids is 3. The van der Waals surface area contributed by atoms with E-state index in [-0.39, 0.29) is 30.7 Å². The molecule has 0 aromatic heterocycles. The van der Waals surface area contributed by atoms with E-state index >= 15 is 0 Å². The minimum Gasteiger partial charge on any atom is -0.493 e. The third kappa shape index (κ3) is 6.34. The van der Waals surface area contributed by atoms with Crippen molar-refractivity contribution in [3.63, 3.8) is 0 Å². The summed E-state index contributed by atoms with van der Waals surface area (Å²) < 4.78 is 21.2. The van der Waals surface area contributed by atoms with E-state index < -0.39 is 12.0 Å². The lowest BCUT2D eigenvalue weighted by molar-refractivity contribution is -0.122. The molecule has 0 bridgehead atoms. The SMILES string of the molecule is COc1cc(N2CC(C(=O)Nc3cccc(NC(=O)OCC(C)C)c3)CC2=O)cc(OC)c1OC. The lowest BCUT2D eigenvalue weighted by Crippen LogP contribution is -2.28. The van der Waals surface area contributed by atoms with Gasteiger partial charge in [-0.25, -0.2) is 4.79 Å². The van der Waals surface area contributed by atoms with Crippen LogP contribution >= 0.6 is 0 Å². The van der Waals surface area contributed by atoms with E-state index in [2.05, 4.69) is 10.6 Å². The summed E-state index contributed by atoms with van der Waals surface area (Å²) in [7, 11) is 4.49. The quantitative estimate of drug-likeness (QED) is 0.553. The second-order valence-corrected chi connectivity index (χ2v) is 8.48. The number of methoxy groups -OCH3 is 3. The molecule has 1 saturated heterocycles. The smallest absolute Gasteiger partial charge is 0.411 e. The average Bonchev–Trinajstić information content (AvgIpc) is 3.23. The van der Waals surface area contributed by atoms with E-state index in [1.807, 2.05) is 13.8 Å². The van der Waals surface area contributed by atoms with Gasteiger partial charge in [0.2, 0.25) is 17.6 Å². The molecule has 1 fully saturated rings. The molecule has 3 amide bonds. The average molecular weight is 486 g/mol. The summed E-state index contributed by atoms with van der Waals surface area (Å²) in [5.41, 5.74) is 1.53. The van der Waals surface area contributed by atoms with E-state index in [0.29, 0.717) is 40.9 Å². The Morgan fingerprint density at radius 3 is 2.20 bits per heavy atom. The number of hydrogen-bond donors (Lipinski definition) is 2. The van der Waals surface area contributed by atoms with Crippen LogP contribution in [0.5, 0.6) is 17.2 Å². The number of hydrogen-bond acceptors (Lipinski definition) is 7. The lowest BCUT2D eigenvalue weighted by atomic mass is 10.1. The molecular formula is C25H31N3O7. The molecule has 2 N–H and O–H groups in total. The van der Waals surface area contributed by atoms with E-state index in [1.54, 1.807) is 36.4 Å². The number of rotatable bonds is 9. The molecule has 2 aromatic carbocycles. The predicted molar refractivity (Wildman–Crippen MR) is 131 cm³/mol. The van der Waals surface area contributed by atoms with Crippen molar-refractivity contribution in [3.8, 4) is 17.2 Å². The van der Waals surface area contributed by atoms with Gasteiger partial charge >= 0.3 is 6.09 Å². The van der Waals surface area contributed by atoms with Crippen molar-refractivity contribution in [2.45, 2.75) is 20.3 Å². The van der Waals surface area contributed by atoms with Gasteiger partial charge in [-0.3, -0.25) is 14.9 Å². The summed E-state index contributed by atoms with van der Waals surface area (Å²) in [6.07, 6.45) is -0.508. The second kappa shape index (κ2) is 11.5. The second-order valence-electron chi connectivity index (χ2n) is 8.48. The molecule has 188 valence electrons. The molecule has 1 aliphatic rings. The van der Waals surface area contributed by atoms with Gasteiger partial charge in [-0.2, -0.15) is 0 Å². The summed E-state index contributed by atoms with van der Waals surface area (Å²) in [6.45, 7) is 4.39. The Kier molecular flexibility index (Phi) is 8.40. The fourth-order valence-electron chi connectivity index (χ4n) is 3.67. The first-order valence-corrected chi connectivity index (χ1v) is 11.2. The fraction of sp³-hybridized carbons (Fsp3) is 0.400. The van der Waals surface area contributed by atoms with Gasteiger partial charge in [-0.15, -0.1) is 0 Å². The van der Waals surface area contributed by atoms with E-state index in [0.717, 1.165) is 0 Å². The molecule has 35 heavy (non-hydrogen) atoms. The van der Waals surface area contributed by atoms with Crippen molar-refractivity contribution in [3.05, 3.63) is 36.4 Å². The van der Waals surface area contributed by atoms with Crippen LogP contribution in [0.2, 0.25) is 0 Å². The standard InChI is InChI=1S/C25H31N3O7/c1-15(2)14-35-25(31)27-18-8-6-7-17(10-18)26-24(30)16-9-22(29)28(13-16)19-11-20(32-3)23(34-5)21(12-19)33-4/h6-8,10-12,15-16H,9,13-14H2,1-5H3,(H,26,30)(H,27,31). The first-order valence-electron chi connectivity index (χ1n) is 11.2. The molecule has 0 radical (unpaired) electrons. The van der Waals surface area contributed by atoms with Crippen molar-refractivity contribution < 1.29 is 33.3 Å². The first kappa shape index (κ1) is 25.7. The van der Waals surface area contributed by atoms with Gasteiger partial charge in [0.05, 0.1) is 39.5 Å². The highest BCUT2D eigenvalue weighted by Gasteiger charge is 2.36. The van der Waals surface area contributed by atoms with Crippen LogP contribution in [0.3, 0.4) is 0 Å². The normalized spacial score (nSPS) is 15.1. The molecule has 0 saturated carbocycles. The van der Waals surface area contributed by atoms with Crippen molar-refractivity contribution in [2.75, 3.05) is 50.0 Å². The highest BCUT2D eigenvalue weighted by molar-refractivity contribution is 6.04. The number of anilines is 3. The van der Waals surface area contributed by atoms with E-state index in [4.69, 9.17) is 18.9 Å². The zero-order valence-electron chi connectivity index (χ0n) is 20.5. The van der Waals surface area contributed by atoms with Crippen molar-refractivity contribution in [2.24, 2.45) is 11.8 Å². The largest absolute Gasteiger partial charge is 0.493 e. The molecule has 1 atom stereocenters. The maximum absolute atomic E-state index is 12.9. The number of amides is 3. The highest BCUT2D eigenvalue weighted by atomic mass is 16.5. The zero-order valence-corrected chi connectivity index (χ0v) is 20.5. The molecule has 1 heterocycles. The van der Waals surface area contributed by atoms with Crippen molar-refractivity contribution in [1.82, 2.24) is 0 Å². The van der Waals surface area contributed by atoms with E-state index in [1.165, 1.54) is 26.2 Å². The number of carbonyl (C=O) groups is 3. The molecular weight excluding hydrogens is 454 g/mol. The van der Waals surface area contributed by atoms with Crippen LogP contribution in [-0.2, 0) is 14.3 Å². The maximum Gasteiger partial charge on any atom is 0.411 e. The van der Waals surface area contributed by atoms with Gasteiger partial charge in [0.25, 0.3) is 0 Å². The Morgan fingerprint density at radius 2 is 1.63 bits per heavy atom. The van der Waals surface area contributed by atoms with Crippen LogP contribution < -0.4 is 29.7 Å². The van der Waals surface area contributed by atoms with E-state index in [9.17, 15) is 14.4 Å². The molecule has 10 nitrogen and oxygen atoms in total. The molecule has 2 aromatic rings. The highest BCUT2D eigenvalue weighted by Crippen LogP contribution is 2.42. The van der Waals surface area contributed by atoms with Crippen LogP contribution in [0.4, 0.5) is 21.9 Å². The van der Waals surface area contributed by atoms with Gasteiger partial charge < -0.3 is 29.2 Å². The third-order valence-electron chi connectivity index (χ3n) is 5.38. The van der Waals surface area contributed by atoms with Gasteiger partial charge in [0.15, 0.2) is 11.5 Å². The Hall–Kier alpha value is -3.95. The lowest BCUT2D eigenvalue weighted by Gasteiger charge is -2.20. The van der Waals surface area contributed by atoms with Gasteiger partial charge in [-0.05, 0) is 24.1 Å². The Morgan fingerprint density at radius 1 is 1.00 bits per heavy atom. The van der Waals surface area contributed by atoms with Crippen molar-refractivity contribution in [1.29, 1.82) is 0 Å². The summed E-state index contributed by atoms with van der Waals surface area (Å²) in [5.74, 6) is 0.420. The van der Waals surface area contributed by atoms with Gasteiger partial charge in [-0.1, -0.05) is 19.9 Å². The molecule has 0 aliphatic carbocycles. The monoisotopic (exact) mass is 485 g/mol. The molecule has 0 spiro atoms. The predicted octanol–water partition coefficient (Wildman–Crippen LogP) is 3.91. The summed E-state index contributed by atoms with van der Waals surface area (Å²) in [6, 6.07) is 10.1. The van der Waals surface area contributed by atoms with Crippen LogP contribution in [0.1, 0.15) is 20.3 Å². The Bertz CT molecular complexity index is 1060. The Labute approximate surface area is 204 Å².